The van der Waals surface area contributed by atoms with E-state index in [1.807, 2.05) is 9.58 Å². The number of aromatic nitrogens is 3. The Bertz CT molecular complexity index is 621. The summed E-state index contributed by atoms with van der Waals surface area (Å²) in [5.74, 6) is 0.426. The Kier molecular flexibility index (Phi) is 5.92. The van der Waals surface area contributed by atoms with E-state index >= 15 is 0 Å². The van der Waals surface area contributed by atoms with Crippen molar-refractivity contribution in [3.05, 3.63) is 6.33 Å². The number of likely N-dealkylation sites (tertiary alicyclic amines) is 1. The van der Waals surface area contributed by atoms with Gasteiger partial charge in [0.2, 0.25) is 5.95 Å². The lowest BCUT2D eigenvalue weighted by molar-refractivity contribution is -0.0415. The summed E-state index contributed by atoms with van der Waals surface area (Å²) >= 11 is 0. The third-order valence-electron chi connectivity index (χ3n) is 6.22. The SMILES string of the molecule is CC1CN(C2CCN(C(=O)Nc3ncn(C4CCCCC4)n3)CC2)CCO1. The second-order valence-electron chi connectivity index (χ2n) is 8.16. The molecule has 1 saturated carbocycles. The number of anilines is 1. The van der Waals surface area contributed by atoms with Crippen LogP contribution in [0, 0.1) is 0 Å². The number of ether oxygens (including phenoxy) is 1. The number of amides is 2. The number of nitrogens with zero attached hydrogens (tertiary/aromatic N) is 5. The third kappa shape index (κ3) is 4.60. The van der Waals surface area contributed by atoms with Crippen molar-refractivity contribution in [2.75, 3.05) is 38.1 Å². The molecule has 4 rings (SSSR count). The average Bonchev–Trinajstić information content (AvgIpc) is 3.17. The number of piperidine rings is 1. The average molecular weight is 377 g/mol. The molecule has 27 heavy (non-hydrogen) atoms. The first-order chi connectivity index (χ1) is 13.2. The van der Waals surface area contributed by atoms with Crippen molar-refractivity contribution in [1.82, 2.24) is 24.6 Å². The molecule has 2 saturated heterocycles. The van der Waals surface area contributed by atoms with E-state index in [4.69, 9.17) is 4.74 Å². The lowest BCUT2D eigenvalue weighted by Gasteiger charge is -2.41. The zero-order valence-electron chi connectivity index (χ0n) is 16.3. The minimum absolute atomic E-state index is 0.0785. The summed E-state index contributed by atoms with van der Waals surface area (Å²) in [6, 6.07) is 0.915. The van der Waals surface area contributed by atoms with Crippen LogP contribution in [-0.4, -0.2) is 75.5 Å². The van der Waals surface area contributed by atoms with Crippen LogP contribution in [0.3, 0.4) is 0 Å². The fraction of sp³-hybridized carbons (Fsp3) is 0.842. The number of rotatable bonds is 3. The number of carbonyl (C=O) groups is 1. The zero-order valence-corrected chi connectivity index (χ0v) is 16.3. The normalized spacial score (nSPS) is 26.3. The van der Waals surface area contributed by atoms with Crippen molar-refractivity contribution in [2.24, 2.45) is 0 Å². The first kappa shape index (κ1) is 18.7. The van der Waals surface area contributed by atoms with E-state index in [1.54, 1.807) is 6.33 Å². The van der Waals surface area contributed by atoms with Gasteiger partial charge < -0.3 is 9.64 Å². The van der Waals surface area contributed by atoms with Crippen molar-refractivity contribution in [3.8, 4) is 0 Å². The number of hydrogen-bond acceptors (Lipinski definition) is 5. The van der Waals surface area contributed by atoms with Crippen LogP contribution in [0.2, 0.25) is 0 Å². The molecular weight excluding hydrogens is 344 g/mol. The standard InChI is InChI=1S/C19H32N6O2/c1-15-13-24(11-12-27-15)16-7-9-23(10-8-16)19(26)21-18-20-14-25(22-18)17-5-3-2-4-6-17/h14-17H,2-13H2,1H3,(H,21,22,26). The fourth-order valence-corrected chi connectivity index (χ4v) is 4.64. The molecule has 1 aromatic heterocycles. The van der Waals surface area contributed by atoms with E-state index in [1.165, 1.54) is 19.3 Å². The molecular formula is C19H32N6O2. The summed E-state index contributed by atoms with van der Waals surface area (Å²) in [5, 5.41) is 7.37. The molecule has 150 valence electrons. The number of morpholine rings is 1. The molecule has 1 atom stereocenters. The smallest absolute Gasteiger partial charge is 0.324 e. The highest BCUT2D eigenvalue weighted by molar-refractivity contribution is 5.87. The van der Waals surface area contributed by atoms with Crippen LogP contribution in [0.5, 0.6) is 0 Å². The Morgan fingerprint density at radius 3 is 2.63 bits per heavy atom. The molecule has 0 radical (unpaired) electrons. The predicted molar refractivity (Wildman–Crippen MR) is 103 cm³/mol. The molecule has 2 aliphatic heterocycles. The van der Waals surface area contributed by atoms with Gasteiger partial charge in [0.25, 0.3) is 0 Å². The summed E-state index contributed by atoms with van der Waals surface area (Å²) in [5.41, 5.74) is 0. The molecule has 3 heterocycles. The molecule has 1 N–H and O–H groups in total. The highest BCUT2D eigenvalue weighted by Crippen LogP contribution is 2.27. The van der Waals surface area contributed by atoms with Crippen molar-refractivity contribution in [1.29, 1.82) is 0 Å². The van der Waals surface area contributed by atoms with Crippen molar-refractivity contribution in [3.63, 3.8) is 0 Å². The largest absolute Gasteiger partial charge is 0.376 e. The lowest BCUT2D eigenvalue weighted by Crippen LogP contribution is -2.52. The van der Waals surface area contributed by atoms with Crippen LogP contribution in [0.1, 0.15) is 57.9 Å². The molecule has 8 heteroatoms. The Balaban J connectivity index is 1.25. The molecule has 1 unspecified atom stereocenters. The van der Waals surface area contributed by atoms with E-state index in [9.17, 15) is 4.79 Å². The summed E-state index contributed by atoms with van der Waals surface area (Å²) in [4.78, 5) is 21.3. The van der Waals surface area contributed by atoms with E-state index in [0.717, 1.165) is 58.5 Å². The maximum absolute atomic E-state index is 12.6. The summed E-state index contributed by atoms with van der Waals surface area (Å²) in [6.07, 6.45) is 10.2. The van der Waals surface area contributed by atoms with Gasteiger partial charge in [-0.05, 0) is 32.6 Å². The molecule has 8 nitrogen and oxygen atoms in total. The number of urea groups is 1. The molecule has 0 aromatic carbocycles. The molecule has 1 aromatic rings. The van der Waals surface area contributed by atoms with Crippen LogP contribution in [0.15, 0.2) is 6.33 Å². The Hall–Kier alpha value is -1.67. The van der Waals surface area contributed by atoms with E-state index < -0.39 is 0 Å². The van der Waals surface area contributed by atoms with Gasteiger partial charge in [0, 0.05) is 32.2 Å². The maximum Gasteiger partial charge on any atom is 0.324 e. The summed E-state index contributed by atoms with van der Waals surface area (Å²) in [7, 11) is 0. The Morgan fingerprint density at radius 1 is 1.11 bits per heavy atom. The van der Waals surface area contributed by atoms with Crippen molar-refractivity contribution < 1.29 is 9.53 Å². The molecule has 2 amide bonds. The zero-order chi connectivity index (χ0) is 18.6. The summed E-state index contributed by atoms with van der Waals surface area (Å²) < 4.78 is 7.57. The van der Waals surface area contributed by atoms with Gasteiger partial charge in [0.15, 0.2) is 0 Å². The quantitative estimate of drug-likeness (QED) is 0.877. The lowest BCUT2D eigenvalue weighted by atomic mass is 9.96. The van der Waals surface area contributed by atoms with Gasteiger partial charge in [0.1, 0.15) is 6.33 Å². The molecule has 3 aliphatic rings. The Morgan fingerprint density at radius 2 is 1.89 bits per heavy atom. The number of nitrogens with one attached hydrogen (secondary N) is 1. The monoisotopic (exact) mass is 376 g/mol. The fourth-order valence-electron chi connectivity index (χ4n) is 4.64. The summed E-state index contributed by atoms with van der Waals surface area (Å²) in [6.45, 7) is 6.52. The van der Waals surface area contributed by atoms with Gasteiger partial charge in [-0.25, -0.2) is 14.5 Å². The maximum atomic E-state index is 12.6. The van der Waals surface area contributed by atoms with Gasteiger partial charge >= 0.3 is 6.03 Å². The van der Waals surface area contributed by atoms with Crippen molar-refractivity contribution in [2.45, 2.75) is 70.1 Å². The molecule has 1 aliphatic carbocycles. The highest BCUT2D eigenvalue weighted by Gasteiger charge is 2.29. The van der Waals surface area contributed by atoms with E-state index in [2.05, 4.69) is 27.2 Å². The predicted octanol–water partition coefficient (Wildman–Crippen LogP) is 2.50. The molecule has 3 fully saturated rings. The van der Waals surface area contributed by atoms with E-state index in [0.29, 0.717) is 24.1 Å². The minimum Gasteiger partial charge on any atom is -0.376 e. The van der Waals surface area contributed by atoms with E-state index in [-0.39, 0.29) is 6.03 Å². The first-order valence-corrected chi connectivity index (χ1v) is 10.5. The minimum atomic E-state index is -0.0785. The second kappa shape index (κ2) is 8.56. The van der Waals surface area contributed by atoms with Crippen LogP contribution < -0.4 is 5.32 Å². The number of hydrogen-bond donors (Lipinski definition) is 1. The number of carbonyl (C=O) groups excluding carboxylic acids is 1. The van der Waals surface area contributed by atoms with Crippen LogP contribution >= 0.6 is 0 Å². The second-order valence-corrected chi connectivity index (χ2v) is 8.16. The van der Waals surface area contributed by atoms with Crippen LogP contribution in [0.4, 0.5) is 10.7 Å². The van der Waals surface area contributed by atoms with Crippen LogP contribution in [-0.2, 0) is 4.74 Å². The van der Waals surface area contributed by atoms with Gasteiger partial charge in [-0.3, -0.25) is 10.2 Å². The first-order valence-electron chi connectivity index (χ1n) is 10.5. The van der Waals surface area contributed by atoms with Gasteiger partial charge in [0.05, 0.1) is 18.8 Å². The molecule has 0 spiro atoms. The third-order valence-corrected chi connectivity index (χ3v) is 6.22. The van der Waals surface area contributed by atoms with Gasteiger partial charge in [-0.15, -0.1) is 5.10 Å². The van der Waals surface area contributed by atoms with Gasteiger partial charge in [-0.1, -0.05) is 19.3 Å². The van der Waals surface area contributed by atoms with Crippen molar-refractivity contribution >= 4 is 12.0 Å². The molecule has 0 bridgehead atoms. The topological polar surface area (TPSA) is 75.5 Å². The van der Waals surface area contributed by atoms with Crippen LogP contribution in [0.25, 0.3) is 0 Å². The van der Waals surface area contributed by atoms with Gasteiger partial charge in [-0.2, -0.15) is 0 Å². The Labute approximate surface area is 161 Å². The highest BCUT2D eigenvalue weighted by atomic mass is 16.5.